The molecule has 0 radical (unpaired) electrons. The zero-order chi connectivity index (χ0) is 13.5. The number of aliphatic hydroxyl groups is 1. The van der Waals surface area contributed by atoms with Crippen LogP contribution < -0.4 is 0 Å². The minimum Gasteiger partial charge on any atom is -0.388 e. The molecule has 98 valence electrons. The number of rotatable bonds is 2. The summed E-state index contributed by atoms with van der Waals surface area (Å²) in [6.45, 7) is 0. The number of pyridine rings is 1. The van der Waals surface area contributed by atoms with Crippen LogP contribution in [0.3, 0.4) is 0 Å². The van der Waals surface area contributed by atoms with Gasteiger partial charge in [-0.2, -0.15) is 0 Å². The Morgan fingerprint density at radius 1 is 1.05 bits per heavy atom. The molecule has 0 saturated heterocycles. The lowest BCUT2D eigenvalue weighted by molar-refractivity contribution is 0.134. The van der Waals surface area contributed by atoms with Crippen molar-refractivity contribution in [2.45, 2.75) is 18.4 Å². The molecular formula is C18H15NO. The molecule has 1 aliphatic carbocycles. The molecule has 1 N–H and O–H groups in total. The standard InChI is InChI=1S/C18H15NO/c20-18(16-10-13-4-1-2-6-15(13)16)14-8-7-12-5-3-9-19-17(12)11-14/h1-9,11,16,18,20H,10H2. The maximum absolute atomic E-state index is 10.6. The average molecular weight is 261 g/mol. The third kappa shape index (κ3) is 1.73. The molecule has 2 heteroatoms. The number of benzene rings is 2. The van der Waals surface area contributed by atoms with Gasteiger partial charge in [0.1, 0.15) is 0 Å². The van der Waals surface area contributed by atoms with Gasteiger partial charge in [0, 0.05) is 17.5 Å². The van der Waals surface area contributed by atoms with Gasteiger partial charge in [0.05, 0.1) is 11.6 Å². The lowest BCUT2D eigenvalue weighted by Gasteiger charge is -2.34. The van der Waals surface area contributed by atoms with Crippen molar-refractivity contribution in [3.05, 3.63) is 77.5 Å². The summed E-state index contributed by atoms with van der Waals surface area (Å²) in [5, 5.41) is 11.7. The number of fused-ring (bicyclic) bond motifs is 2. The molecule has 2 unspecified atom stereocenters. The second-order valence-electron chi connectivity index (χ2n) is 5.41. The van der Waals surface area contributed by atoms with Gasteiger partial charge in [0.2, 0.25) is 0 Å². The van der Waals surface area contributed by atoms with Crippen LogP contribution in [0.15, 0.2) is 60.8 Å². The molecule has 1 heterocycles. The minimum absolute atomic E-state index is 0.215. The average Bonchev–Trinajstić information content (AvgIpc) is 2.48. The molecule has 2 nitrogen and oxygen atoms in total. The number of aromatic nitrogens is 1. The first kappa shape index (κ1) is 11.6. The summed E-state index contributed by atoms with van der Waals surface area (Å²) < 4.78 is 0. The molecule has 20 heavy (non-hydrogen) atoms. The van der Waals surface area contributed by atoms with Crippen molar-refractivity contribution in [2.24, 2.45) is 0 Å². The Morgan fingerprint density at radius 3 is 2.85 bits per heavy atom. The molecule has 3 aromatic rings. The maximum atomic E-state index is 10.6. The van der Waals surface area contributed by atoms with Crippen LogP contribution in [0.5, 0.6) is 0 Å². The molecule has 0 amide bonds. The topological polar surface area (TPSA) is 33.1 Å². The van der Waals surface area contributed by atoms with Crippen LogP contribution in [0.4, 0.5) is 0 Å². The van der Waals surface area contributed by atoms with E-state index in [2.05, 4.69) is 23.2 Å². The summed E-state index contributed by atoms with van der Waals surface area (Å²) in [4.78, 5) is 4.36. The molecule has 0 aliphatic heterocycles. The van der Waals surface area contributed by atoms with Crippen LogP contribution in [-0.4, -0.2) is 10.1 Å². The molecule has 0 saturated carbocycles. The first-order valence-electron chi connectivity index (χ1n) is 6.93. The fraction of sp³-hybridized carbons (Fsp3) is 0.167. The molecule has 0 fully saturated rings. The zero-order valence-corrected chi connectivity index (χ0v) is 11.0. The molecule has 0 spiro atoms. The predicted octanol–water partition coefficient (Wildman–Crippen LogP) is 3.61. The summed E-state index contributed by atoms with van der Waals surface area (Å²) in [7, 11) is 0. The fourth-order valence-electron chi connectivity index (χ4n) is 3.08. The predicted molar refractivity (Wildman–Crippen MR) is 79.6 cm³/mol. The molecule has 1 aliphatic rings. The van der Waals surface area contributed by atoms with E-state index >= 15 is 0 Å². The van der Waals surface area contributed by atoms with E-state index in [0.717, 1.165) is 22.9 Å². The lowest BCUT2D eigenvalue weighted by Crippen LogP contribution is -2.23. The van der Waals surface area contributed by atoms with E-state index in [-0.39, 0.29) is 5.92 Å². The van der Waals surface area contributed by atoms with E-state index in [1.807, 2.05) is 36.4 Å². The SMILES string of the molecule is OC(c1ccc2cccnc2c1)C1Cc2ccccc21. The van der Waals surface area contributed by atoms with E-state index < -0.39 is 6.10 Å². The van der Waals surface area contributed by atoms with Gasteiger partial charge in [0.15, 0.2) is 0 Å². The van der Waals surface area contributed by atoms with Gasteiger partial charge in [-0.05, 0) is 35.2 Å². The van der Waals surface area contributed by atoms with Gasteiger partial charge in [-0.1, -0.05) is 42.5 Å². The first-order valence-corrected chi connectivity index (χ1v) is 6.93. The number of nitrogens with zero attached hydrogens (tertiary/aromatic N) is 1. The molecule has 0 bridgehead atoms. The highest BCUT2D eigenvalue weighted by molar-refractivity contribution is 5.79. The maximum Gasteiger partial charge on any atom is 0.0862 e. The van der Waals surface area contributed by atoms with E-state index in [4.69, 9.17) is 0 Å². The van der Waals surface area contributed by atoms with Crippen molar-refractivity contribution in [1.82, 2.24) is 4.98 Å². The number of hydrogen-bond donors (Lipinski definition) is 1. The van der Waals surface area contributed by atoms with Gasteiger partial charge >= 0.3 is 0 Å². The van der Waals surface area contributed by atoms with Crippen LogP contribution in [0.1, 0.15) is 28.7 Å². The highest BCUT2D eigenvalue weighted by Crippen LogP contribution is 2.43. The van der Waals surface area contributed by atoms with E-state index in [9.17, 15) is 5.11 Å². The molecular weight excluding hydrogens is 246 g/mol. The van der Waals surface area contributed by atoms with E-state index in [0.29, 0.717) is 0 Å². The summed E-state index contributed by atoms with van der Waals surface area (Å²) in [6.07, 6.45) is 2.30. The number of aliphatic hydroxyl groups excluding tert-OH is 1. The van der Waals surface area contributed by atoms with Gasteiger partial charge < -0.3 is 5.11 Å². The quantitative estimate of drug-likeness (QED) is 0.764. The van der Waals surface area contributed by atoms with Crippen molar-refractivity contribution in [1.29, 1.82) is 0 Å². The fourth-order valence-corrected chi connectivity index (χ4v) is 3.08. The van der Waals surface area contributed by atoms with Gasteiger partial charge in [0.25, 0.3) is 0 Å². The third-order valence-corrected chi connectivity index (χ3v) is 4.25. The number of hydrogen-bond acceptors (Lipinski definition) is 2. The normalized spacial score (nSPS) is 18.4. The Bertz CT molecular complexity index is 781. The smallest absolute Gasteiger partial charge is 0.0862 e. The van der Waals surface area contributed by atoms with Gasteiger partial charge in [-0.15, -0.1) is 0 Å². The van der Waals surface area contributed by atoms with Crippen molar-refractivity contribution in [2.75, 3.05) is 0 Å². The summed E-state index contributed by atoms with van der Waals surface area (Å²) >= 11 is 0. The molecule has 1 aromatic heterocycles. The van der Waals surface area contributed by atoms with Crippen molar-refractivity contribution in [3.8, 4) is 0 Å². The monoisotopic (exact) mass is 261 g/mol. The summed E-state index contributed by atoms with van der Waals surface area (Å²) in [6, 6.07) is 18.4. The Balaban J connectivity index is 1.70. The molecule has 4 rings (SSSR count). The van der Waals surface area contributed by atoms with Crippen LogP contribution in [0.2, 0.25) is 0 Å². The Kier molecular flexibility index (Phi) is 2.57. The van der Waals surface area contributed by atoms with Gasteiger partial charge in [-0.3, -0.25) is 4.98 Å². The van der Waals surface area contributed by atoms with Crippen LogP contribution in [0, 0.1) is 0 Å². The highest BCUT2D eigenvalue weighted by atomic mass is 16.3. The van der Waals surface area contributed by atoms with Crippen molar-refractivity contribution < 1.29 is 5.11 Å². The molecule has 2 atom stereocenters. The summed E-state index contributed by atoms with van der Waals surface area (Å²) in [5.74, 6) is 0.215. The molecule has 2 aromatic carbocycles. The van der Waals surface area contributed by atoms with Crippen molar-refractivity contribution in [3.63, 3.8) is 0 Å². The Labute approximate surface area is 117 Å². The van der Waals surface area contributed by atoms with Crippen LogP contribution >= 0.6 is 0 Å². The van der Waals surface area contributed by atoms with Gasteiger partial charge in [-0.25, -0.2) is 0 Å². The second kappa shape index (κ2) is 4.43. The van der Waals surface area contributed by atoms with Crippen molar-refractivity contribution >= 4 is 10.9 Å². The third-order valence-electron chi connectivity index (χ3n) is 4.25. The largest absolute Gasteiger partial charge is 0.388 e. The Morgan fingerprint density at radius 2 is 1.95 bits per heavy atom. The zero-order valence-electron chi connectivity index (χ0n) is 11.0. The lowest BCUT2D eigenvalue weighted by atomic mass is 9.73. The van der Waals surface area contributed by atoms with Crippen LogP contribution in [0.25, 0.3) is 10.9 Å². The minimum atomic E-state index is -0.448. The van der Waals surface area contributed by atoms with Crippen LogP contribution in [-0.2, 0) is 6.42 Å². The summed E-state index contributed by atoms with van der Waals surface area (Å²) in [5.41, 5.74) is 4.53. The van der Waals surface area contributed by atoms with E-state index in [1.165, 1.54) is 11.1 Å². The second-order valence-corrected chi connectivity index (χ2v) is 5.41. The first-order chi connectivity index (χ1) is 9.83. The Hall–Kier alpha value is -2.19. The highest BCUT2D eigenvalue weighted by Gasteiger charge is 2.32. The van der Waals surface area contributed by atoms with E-state index in [1.54, 1.807) is 6.20 Å².